The molecule has 0 amide bonds. The molecule has 8 heteroatoms. The van der Waals surface area contributed by atoms with Crippen LogP contribution in [0.4, 0.5) is 0 Å². The third-order valence-corrected chi connectivity index (χ3v) is 7.96. The number of ether oxygens (including phenoxy) is 2. The van der Waals surface area contributed by atoms with Gasteiger partial charge in [0.1, 0.15) is 12.2 Å². The summed E-state index contributed by atoms with van der Waals surface area (Å²) in [7, 11) is 0. The third kappa shape index (κ3) is 23.3. The zero-order valence-electron chi connectivity index (χ0n) is 27.1. The smallest absolute Gasteiger partial charge is 0.306 e. The predicted octanol–water partition coefficient (Wildman–Crippen LogP) is 6.92. The van der Waals surface area contributed by atoms with Crippen molar-refractivity contribution in [1.82, 2.24) is 0 Å². The van der Waals surface area contributed by atoms with Crippen LogP contribution in [0.5, 0.6) is 0 Å². The molecule has 0 unspecified atom stereocenters. The minimum atomic E-state index is -1.56. The number of rotatable bonds is 31. The molecule has 0 saturated carbocycles. The molecule has 0 aromatic carbocycles. The summed E-state index contributed by atoms with van der Waals surface area (Å²) < 4.78 is 10.8. The van der Waals surface area contributed by atoms with Crippen LogP contribution in [0.25, 0.3) is 0 Å². The van der Waals surface area contributed by atoms with Gasteiger partial charge in [-0.15, -0.1) is 0 Å². The monoisotopic (exact) mass is 602 g/mol. The summed E-state index contributed by atoms with van der Waals surface area (Å²) in [6.07, 6.45) is 19.4. The average Bonchev–Trinajstić information content (AvgIpc) is 2.99. The first-order valence-electron chi connectivity index (χ1n) is 17.4. The van der Waals surface area contributed by atoms with E-state index in [1.807, 2.05) is 0 Å². The maximum atomic E-state index is 12.5. The highest BCUT2D eigenvalue weighted by molar-refractivity contribution is 5.70. The molecule has 4 N–H and O–H groups in total. The maximum Gasteiger partial charge on any atom is 0.306 e. The molecule has 0 saturated heterocycles. The standard InChI is InChI=1S/C34H66O8/c1-3-5-7-9-11-13-15-17-19-21-23-25-31(39)41-33(29(37)27-35)34(30(38)28-36)42-32(40)26-24-22-20-18-16-14-12-10-8-6-4-2/h29-30,33-38H,3-28H2,1-2H3/t29-,30-,33-,34-/m1/s1. The molecule has 42 heavy (non-hydrogen) atoms. The summed E-state index contributed by atoms with van der Waals surface area (Å²) in [5.74, 6) is -1.19. The molecular formula is C34H66O8. The van der Waals surface area contributed by atoms with E-state index < -0.39 is 49.6 Å². The molecule has 0 aliphatic heterocycles. The second-order valence-corrected chi connectivity index (χ2v) is 12.0. The van der Waals surface area contributed by atoms with E-state index in [0.717, 1.165) is 38.5 Å². The Hall–Kier alpha value is -1.22. The molecular weight excluding hydrogens is 536 g/mol. The van der Waals surface area contributed by atoms with Gasteiger partial charge in [0.15, 0.2) is 12.2 Å². The van der Waals surface area contributed by atoms with Crippen molar-refractivity contribution >= 4 is 11.9 Å². The van der Waals surface area contributed by atoms with Crippen molar-refractivity contribution in [3.8, 4) is 0 Å². The first-order valence-corrected chi connectivity index (χ1v) is 17.4. The van der Waals surface area contributed by atoms with Crippen LogP contribution in [0.1, 0.15) is 168 Å². The lowest BCUT2D eigenvalue weighted by atomic mass is 10.0. The second kappa shape index (κ2) is 29.8. The highest BCUT2D eigenvalue weighted by atomic mass is 16.6. The van der Waals surface area contributed by atoms with Gasteiger partial charge in [0.25, 0.3) is 0 Å². The fourth-order valence-electron chi connectivity index (χ4n) is 5.23. The SMILES string of the molecule is CCCCCCCCCCCCCC(=O)O[C@@H]([C@H](OC(=O)CCCCCCCCCCCCC)[C@H](O)CO)[C@H](O)CO. The molecule has 0 fully saturated rings. The third-order valence-electron chi connectivity index (χ3n) is 7.96. The predicted molar refractivity (Wildman–Crippen MR) is 168 cm³/mol. The van der Waals surface area contributed by atoms with Crippen molar-refractivity contribution < 1.29 is 39.5 Å². The van der Waals surface area contributed by atoms with Gasteiger partial charge in [-0.05, 0) is 12.8 Å². The number of carbonyl (C=O) groups excluding carboxylic acids is 2. The molecule has 4 atom stereocenters. The van der Waals surface area contributed by atoms with E-state index in [2.05, 4.69) is 13.8 Å². The zero-order chi connectivity index (χ0) is 31.3. The first-order chi connectivity index (χ1) is 20.4. The molecule has 8 nitrogen and oxygen atoms in total. The lowest BCUT2D eigenvalue weighted by Crippen LogP contribution is -2.51. The van der Waals surface area contributed by atoms with Crippen molar-refractivity contribution in [1.29, 1.82) is 0 Å². The molecule has 0 aliphatic rings. The maximum absolute atomic E-state index is 12.5. The van der Waals surface area contributed by atoms with Crippen LogP contribution in [0.3, 0.4) is 0 Å². The first kappa shape index (κ1) is 40.8. The summed E-state index contributed by atoms with van der Waals surface area (Å²) in [5, 5.41) is 39.7. The minimum Gasteiger partial charge on any atom is -0.455 e. The fraction of sp³-hybridized carbons (Fsp3) is 0.941. The van der Waals surface area contributed by atoms with Crippen LogP contribution in [0, 0.1) is 0 Å². The Labute approximate surface area is 257 Å². The molecule has 0 rings (SSSR count). The number of aliphatic hydroxyl groups excluding tert-OH is 4. The Kier molecular flexibility index (Phi) is 29.0. The highest BCUT2D eigenvalue weighted by Gasteiger charge is 2.39. The lowest BCUT2D eigenvalue weighted by molar-refractivity contribution is -0.193. The summed E-state index contributed by atoms with van der Waals surface area (Å²) in [4.78, 5) is 25.0. The van der Waals surface area contributed by atoms with E-state index >= 15 is 0 Å². The van der Waals surface area contributed by atoms with Crippen LogP contribution >= 0.6 is 0 Å². The molecule has 0 aromatic heterocycles. The number of aliphatic hydroxyl groups is 4. The van der Waals surface area contributed by atoms with Gasteiger partial charge in [0.2, 0.25) is 0 Å². The van der Waals surface area contributed by atoms with Crippen LogP contribution < -0.4 is 0 Å². The van der Waals surface area contributed by atoms with Crippen molar-refractivity contribution in [2.45, 2.75) is 192 Å². The highest BCUT2D eigenvalue weighted by Crippen LogP contribution is 2.19. The number of hydrogen-bond acceptors (Lipinski definition) is 8. The fourth-order valence-corrected chi connectivity index (χ4v) is 5.23. The van der Waals surface area contributed by atoms with Gasteiger partial charge in [0.05, 0.1) is 13.2 Å². The normalized spacial score (nSPS) is 14.3. The van der Waals surface area contributed by atoms with Gasteiger partial charge in [0, 0.05) is 12.8 Å². The van der Waals surface area contributed by atoms with Gasteiger partial charge >= 0.3 is 11.9 Å². The number of hydrogen-bond donors (Lipinski definition) is 4. The Morgan fingerprint density at radius 1 is 0.452 bits per heavy atom. The van der Waals surface area contributed by atoms with Crippen LogP contribution in [-0.2, 0) is 19.1 Å². The molecule has 0 aliphatic carbocycles. The van der Waals surface area contributed by atoms with Crippen molar-refractivity contribution in [2.75, 3.05) is 13.2 Å². The van der Waals surface area contributed by atoms with Gasteiger partial charge in [-0.2, -0.15) is 0 Å². The van der Waals surface area contributed by atoms with E-state index in [4.69, 9.17) is 9.47 Å². The number of unbranched alkanes of at least 4 members (excludes halogenated alkanes) is 20. The van der Waals surface area contributed by atoms with E-state index in [1.165, 1.54) is 89.9 Å². The Morgan fingerprint density at radius 3 is 0.929 bits per heavy atom. The molecule has 0 bridgehead atoms. The quantitative estimate of drug-likeness (QED) is 0.0496. The average molecular weight is 603 g/mol. The van der Waals surface area contributed by atoms with Crippen LogP contribution in [0.15, 0.2) is 0 Å². The van der Waals surface area contributed by atoms with Crippen LogP contribution in [0.2, 0.25) is 0 Å². The minimum absolute atomic E-state index is 0.125. The molecule has 0 aromatic rings. The van der Waals surface area contributed by atoms with Gasteiger partial charge in [-0.3, -0.25) is 9.59 Å². The van der Waals surface area contributed by atoms with Gasteiger partial charge in [-0.1, -0.05) is 142 Å². The number of esters is 2. The summed E-state index contributed by atoms with van der Waals surface area (Å²) in [5.41, 5.74) is 0. The second-order valence-electron chi connectivity index (χ2n) is 12.0. The largest absolute Gasteiger partial charge is 0.455 e. The van der Waals surface area contributed by atoms with E-state index in [1.54, 1.807) is 0 Å². The number of carbonyl (C=O) groups is 2. The lowest BCUT2D eigenvalue weighted by Gasteiger charge is -2.32. The summed E-state index contributed by atoms with van der Waals surface area (Å²) >= 11 is 0. The van der Waals surface area contributed by atoms with Crippen LogP contribution in [-0.4, -0.2) is 70.0 Å². The Morgan fingerprint density at radius 2 is 0.690 bits per heavy atom. The summed E-state index contributed by atoms with van der Waals surface area (Å²) in [6.45, 7) is 2.94. The topological polar surface area (TPSA) is 134 Å². The molecule has 0 radical (unpaired) electrons. The Balaban J connectivity index is 4.41. The van der Waals surface area contributed by atoms with Crippen molar-refractivity contribution in [3.63, 3.8) is 0 Å². The van der Waals surface area contributed by atoms with Gasteiger partial charge < -0.3 is 29.9 Å². The van der Waals surface area contributed by atoms with E-state index in [-0.39, 0.29) is 12.8 Å². The van der Waals surface area contributed by atoms with Crippen molar-refractivity contribution in [3.05, 3.63) is 0 Å². The molecule has 0 heterocycles. The van der Waals surface area contributed by atoms with E-state index in [0.29, 0.717) is 12.8 Å². The molecule has 250 valence electrons. The van der Waals surface area contributed by atoms with Gasteiger partial charge in [-0.25, -0.2) is 0 Å². The summed E-state index contributed by atoms with van der Waals surface area (Å²) in [6, 6.07) is 0. The zero-order valence-corrected chi connectivity index (χ0v) is 27.1. The Bertz CT molecular complexity index is 562. The molecule has 0 spiro atoms. The van der Waals surface area contributed by atoms with E-state index in [9.17, 15) is 30.0 Å². The van der Waals surface area contributed by atoms with Crippen molar-refractivity contribution in [2.24, 2.45) is 0 Å².